The van der Waals surface area contributed by atoms with Crippen molar-refractivity contribution in [1.82, 2.24) is 9.88 Å². The van der Waals surface area contributed by atoms with Crippen LogP contribution in [0.15, 0.2) is 30.3 Å². The number of hydrogen-bond acceptors (Lipinski definition) is 3. The summed E-state index contributed by atoms with van der Waals surface area (Å²) in [6, 6.07) is 9.66. The lowest BCUT2D eigenvalue weighted by atomic mass is 10.1. The molecule has 1 atom stereocenters. The lowest BCUT2D eigenvalue weighted by molar-refractivity contribution is 0.0790. The summed E-state index contributed by atoms with van der Waals surface area (Å²) < 4.78 is 0. The van der Waals surface area contributed by atoms with Gasteiger partial charge in [-0.25, -0.2) is 4.98 Å². The second-order valence-corrected chi connectivity index (χ2v) is 5.47. The predicted molar refractivity (Wildman–Crippen MR) is 81.0 cm³/mol. The van der Waals surface area contributed by atoms with E-state index in [0.717, 1.165) is 41.8 Å². The van der Waals surface area contributed by atoms with E-state index in [1.807, 2.05) is 42.3 Å². The third-order valence-electron chi connectivity index (χ3n) is 3.91. The van der Waals surface area contributed by atoms with E-state index in [0.29, 0.717) is 5.92 Å². The average Bonchev–Trinajstić information content (AvgIpc) is 2.92. The summed E-state index contributed by atoms with van der Waals surface area (Å²) in [6.07, 6.45) is 1.09. The Morgan fingerprint density at radius 3 is 2.90 bits per heavy atom. The quantitative estimate of drug-likeness (QED) is 0.911. The number of nitrogens with one attached hydrogen (secondary N) is 1. The Morgan fingerprint density at radius 2 is 2.20 bits per heavy atom. The summed E-state index contributed by atoms with van der Waals surface area (Å²) in [5, 5.41) is 3.96. The fourth-order valence-electron chi connectivity index (χ4n) is 2.77. The van der Waals surface area contributed by atoms with Crippen molar-refractivity contribution in [2.75, 3.05) is 25.5 Å². The summed E-state index contributed by atoms with van der Waals surface area (Å²) in [4.78, 5) is 19.2. The number of para-hydroxylation sites is 1. The monoisotopic (exact) mass is 269 g/mol. The topological polar surface area (TPSA) is 45.2 Å². The third-order valence-corrected chi connectivity index (χ3v) is 3.91. The summed E-state index contributed by atoms with van der Waals surface area (Å²) in [5.74, 6) is 1.44. The molecule has 0 saturated carbocycles. The highest BCUT2D eigenvalue weighted by Crippen LogP contribution is 2.24. The molecular weight excluding hydrogens is 250 g/mol. The number of hydrogen-bond donors (Lipinski definition) is 1. The van der Waals surface area contributed by atoms with E-state index in [-0.39, 0.29) is 5.91 Å². The highest BCUT2D eigenvalue weighted by Gasteiger charge is 2.25. The Bertz CT molecular complexity index is 653. The van der Waals surface area contributed by atoms with Crippen LogP contribution in [0.5, 0.6) is 0 Å². The summed E-state index contributed by atoms with van der Waals surface area (Å²) in [5.41, 5.74) is 1.60. The molecule has 4 heteroatoms. The van der Waals surface area contributed by atoms with Gasteiger partial charge in [0.05, 0.1) is 11.1 Å². The average molecular weight is 269 g/mol. The molecule has 1 aliphatic heterocycles. The van der Waals surface area contributed by atoms with Crippen molar-refractivity contribution in [2.45, 2.75) is 13.3 Å². The lowest BCUT2D eigenvalue weighted by Gasteiger charge is -2.17. The van der Waals surface area contributed by atoms with Crippen molar-refractivity contribution in [3.8, 4) is 0 Å². The minimum Gasteiger partial charge on any atom is -0.373 e. The zero-order valence-electron chi connectivity index (χ0n) is 11.9. The summed E-state index contributed by atoms with van der Waals surface area (Å²) >= 11 is 0. The van der Waals surface area contributed by atoms with Crippen LogP contribution in [0, 0.1) is 5.92 Å². The molecule has 1 aromatic carbocycles. The SMILES string of the molecule is CNc1cc(C(=O)N2CCC(C)C2)c2ccccc2n1. The van der Waals surface area contributed by atoms with Crippen molar-refractivity contribution in [3.05, 3.63) is 35.9 Å². The first-order valence-electron chi connectivity index (χ1n) is 7.06. The van der Waals surface area contributed by atoms with Crippen LogP contribution < -0.4 is 5.32 Å². The number of carbonyl (C=O) groups is 1. The first-order chi connectivity index (χ1) is 9.69. The van der Waals surface area contributed by atoms with Crippen molar-refractivity contribution >= 4 is 22.6 Å². The molecule has 2 aromatic rings. The van der Waals surface area contributed by atoms with Gasteiger partial charge in [-0.3, -0.25) is 4.79 Å². The lowest BCUT2D eigenvalue weighted by Crippen LogP contribution is -2.28. The highest BCUT2D eigenvalue weighted by atomic mass is 16.2. The molecule has 0 radical (unpaired) electrons. The van der Waals surface area contributed by atoms with Crippen LogP contribution in [-0.4, -0.2) is 35.9 Å². The first-order valence-corrected chi connectivity index (χ1v) is 7.06. The smallest absolute Gasteiger partial charge is 0.254 e. The predicted octanol–water partition coefficient (Wildman–Crippen LogP) is 2.76. The van der Waals surface area contributed by atoms with E-state index in [1.54, 1.807) is 0 Å². The zero-order chi connectivity index (χ0) is 14.1. The Kier molecular flexibility index (Phi) is 3.30. The minimum absolute atomic E-state index is 0.115. The van der Waals surface area contributed by atoms with Crippen LogP contribution in [0.3, 0.4) is 0 Å². The summed E-state index contributed by atoms with van der Waals surface area (Å²) in [6.45, 7) is 3.90. The van der Waals surface area contributed by atoms with E-state index in [9.17, 15) is 4.79 Å². The molecule has 1 saturated heterocycles. The maximum Gasteiger partial charge on any atom is 0.254 e. The van der Waals surface area contributed by atoms with Gasteiger partial charge < -0.3 is 10.2 Å². The number of carbonyl (C=O) groups excluding carboxylic acids is 1. The molecule has 20 heavy (non-hydrogen) atoms. The molecule has 1 unspecified atom stereocenters. The van der Waals surface area contributed by atoms with Crippen LogP contribution >= 0.6 is 0 Å². The molecule has 2 heterocycles. The van der Waals surface area contributed by atoms with Gasteiger partial charge in [-0.1, -0.05) is 25.1 Å². The Balaban J connectivity index is 2.07. The maximum atomic E-state index is 12.7. The molecule has 0 aliphatic carbocycles. The van der Waals surface area contributed by atoms with E-state index in [1.165, 1.54) is 0 Å². The van der Waals surface area contributed by atoms with Gasteiger partial charge in [0, 0.05) is 25.5 Å². The maximum absolute atomic E-state index is 12.7. The number of rotatable bonds is 2. The van der Waals surface area contributed by atoms with Gasteiger partial charge in [-0.05, 0) is 24.5 Å². The second-order valence-electron chi connectivity index (χ2n) is 5.47. The number of nitrogens with zero attached hydrogens (tertiary/aromatic N) is 2. The van der Waals surface area contributed by atoms with Crippen molar-refractivity contribution in [3.63, 3.8) is 0 Å². The Hall–Kier alpha value is -2.10. The summed E-state index contributed by atoms with van der Waals surface area (Å²) in [7, 11) is 1.82. The van der Waals surface area contributed by atoms with Crippen molar-refractivity contribution in [1.29, 1.82) is 0 Å². The van der Waals surface area contributed by atoms with Crippen LogP contribution in [0.4, 0.5) is 5.82 Å². The Labute approximate surface area is 118 Å². The van der Waals surface area contributed by atoms with Gasteiger partial charge in [-0.2, -0.15) is 0 Å². The van der Waals surface area contributed by atoms with E-state index in [4.69, 9.17) is 0 Å². The molecule has 104 valence electrons. The van der Waals surface area contributed by atoms with E-state index < -0.39 is 0 Å². The standard InChI is InChI=1S/C16H19N3O/c1-11-7-8-19(10-11)16(20)13-9-15(17-2)18-14-6-4-3-5-12(13)14/h3-6,9,11H,7-8,10H2,1-2H3,(H,17,18). The fraction of sp³-hybridized carbons (Fsp3) is 0.375. The van der Waals surface area contributed by atoms with Crippen molar-refractivity contribution < 1.29 is 4.79 Å². The minimum atomic E-state index is 0.115. The van der Waals surface area contributed by atoms with Crippen molar-refractivity contribution in [2.24, 2.45) is 5.92 Å². The molecule has 1 amide bonds. The van der Waals surface area contributed by atoms with Crippen LogP contribution in [0.2, 0.25) is 0 Å². The number of amides is 1. The highest BCUT2D eigenvalue weighted by molar-refractivity contribution is 6.07. The second kappa shape index (κ2) is 5.12. The molecule has 4 nitrogen and oxygen atoms in total. The molecule has 1 aliphatic rings. The number of likely N-dealkylation sites (tertiary alicyclic amines) is 1. The zero-order valence-corrected chi connectivity index (χ0v) is 11.9. The van der Waals surface area contributed by atoms with Gasteiger partial charge >= 0.3 is 0 Å². The number of anilines is 1. The number of fused-ring (bicyclic) bond motifs is 1. The Morgan fingerprint density at radius 1 is 1.40 bits per heavy atom. The van der Waals surface area contributed by atoms with Crippen LogP contribution in [-0.2, 0) is 0 Å². The van der Waals surface area contributed by atoms with Gasteiger partial charge in [0.25, 0.3) is 5.91 Å². The molecular formula is C16H19N3O. The molecule has 1 aromatic heterocycles. The largest absolute Gasteiger partial charge is 0.373 e. The van der Waals surface area contributed by atoms with Gasteiger partial charge in [0.2, 0.25) is 0 Å². The van der Waals surface area contributed by atoms with Gasteiger partial charge in [0.15, 0.2) is 0 Å². The van der Waals surface area contributed by atoms with Gasteiger partial charge in [0.1, 0.15) is 5.82 Å². The molecule has 1 N–H and O–H groups in total. The fourth-order valence-corrected chi connectivity index (χ4v) is 2.77. The molecule has 1 fully saturated rings. The van der Waals surface area contributed by atoms with Crippen LogP contribution in [0.1, 0.15) is 23.7 Å². The molecule has 3 rings (SSSR count). The first kappa shape index (κ1) is 12.9. The number of benzene rings is 1. The molecule has 0 spiro atoms. The van der Waals surface area contributed by atoms with E-state index >= 15 is 0 Å². The number of aromatic nitrogens is 1. The third kappa shape index (κ3) is 2.22. The molecule has 0 bridgehead atoms. The normalized spacial score (nSPS) is 18.5. The van der Waals surface area contributed by atoms with Gasteiger partial charge in [-0.15, -0.1) is 0 Å². The van der Waals surface area contributed by atoms with Crippen LogP contribution in [0.25, 0.3) is 10.9 Å². The van der Waals surface area contributed by atoms with E-state index in [2.05, 4.69) is 17.2 Å². The number of pyridine rings is 1.